The minimum absolute atomic E-state index is 0.0922. The lowest BCUT2D eigenvalue weighted by Gasteiger charge is -2.18. The third kappa shape index (κ3) is 58.4. The Morgan fingerprint density at radius 3 is 0.838 bits per heavy atom. The molecule has 418 valence electrons. The Labute approximate surface area is 455 Å². The number of hydrogen-bond donors (Lipinski definition) is 0. The van der Waals surface area contributed by atoms with Gasteiger partial charge in [-0.2, -0.15) is 0 Å². The maximum atomic E-state index is 12.8. The number of ether oxygens (including phenoxy) is 3. The highest BCUT2D eigenvalue weighted by Crippen LogP contribution is 2.13. The van der Waals surface area contributed by atoms with E-state index in [1.807, 2.05) is 0 Å². The zero-order valence-corrected chi connectivity index (χ0v) is 47.8. The standard InChI is InChI=1S/C68H110O6/c1-4-7-10-13-16-18-20-22-24-26-27-28-29-30-31-32-33-34-35-36-37-38-39-40-41-42-44-45-47-49-52-55-58-61-67(70)73-64-65(63-72-66(69)60-57-54-51-15-12-9-6-3)74-68(71)62-59-56-53-50-48-46-43-25-23-21-19-17-14-11-8-5-2/h7,10,16,18-19,21-22,24-25,27-28,30-31,33-34,36-37,39-40,42-44,65H,4-6,8-9,11-15,17,20,23,26,29,32,35,38,41,45-64H2,1-3H3/b10-7-,18-16-,21-19-,24-22-,28-27-,31-30-,34-33-,37-36-,40-39-,43-25-,44-42-. The summed E-state index contributed by atoms with van der Waals surface area (Å²) in [6.45, 7) is 6.43. The van der Waals surface area contributed by atoms with Gasteiger partial charge >= 0.3 is 17.9 Å². The molecule has 0 aromatic carbocycles. The molecule has 0 rings (SSSR count). The maximum Gasteiger partial charge on any atom is 0.306 e. The van der Waals surface area contributed by atoms with Crippen molar-refractivity contribution >= 4 is 17.9 Å². The molecule has 0 saturated carbocycles. The van der Waals surface area contributed by atoms with E-state index in [-0.39, 0.29) is 31.1 Å². The van der Waals surface area contributed by atoms with E-state index in [4.69, 9.17) is 14.2 Å². The third-order valence-electron chi connectivity index (χ3n) is 12.4. The van der Waals surface area contributed by atoms with Crippen LogP contribution in [0.25, 0.3) is 0 Å². The van der Waals surface area contributed by atoms with Crippen LogP contribution in [0.15, 0.2) is 134 Å². The molecule has 0 aliphatic carbocycles. The molecule has 6 heteroatoms. The largest absolute Gasteiger partial charge is 0.462 e. The van der Waals surface area contributed by atoms with Crippen LogP contribution in [0, 0.1) is 0 Å². The van der Waals surface area contributed by atoms with Crippen molar-refractivity contribution in [2.45, 2.75) is 264 Å². The molecule has 0 aliphatic rings. The lowest BCUT2D eigenvalue weighted by atomic mass is 10.1. The van der Waals surface area contributed by atoms with E-state index in [0.717, 1.165) is 161 Å². The molecule has 0 aliphatic heterocycles. The van der Waals surface area contributed by atoms with Crippen LogP contribution in [0.3, 0.4) is 0 Å². The number of allylic oxidation sites excluding steroid dienone is 22. The van der Waals surface area contributed by atoms with Crippen LogP contribution in [0.4, 0.5) is 0 Å². The van der Waals surface area contributed by atoms with Crippen LogP contribution in [0.2, 0.25) is 0 Å². The van der Waals surface area contributed by atoms with Crippen molar-refractivity contribution in [3.8, 4) is 0 Å². The fourth-order valence-corrected chi connectivity index (χ4v) is 7.88. The minimum atomic E-state index is -0.794. The Hall–Kier alpha value is -4.45. The second kappa shape index (κ2) is 61.1. The first kappa shape index (κ1) is 69.5. The van der Waals surface area contributed by atoms with Crippen LogP contribution in [-0.2, 0) is 28.6 Å². The van der Waals surface area contributed by atoms with Crippen LogP contribution in [0.5, 0.6) is 0 Å². The molecule has 0 bridgehead atoms. The van der Waals surface area contributed by atoms with E-state index in [9.17, 15) is 14.4 Å². The molecular weight excluding hydrogens is 913 g/mol. The highest BCUT2D eigenvalue weighted by molar-refractivity contribution is 5.71. The van der Waals surface area contributed by atoms with Gasteiger partial charge in [0.05, 0.1) is 0 Å². The average molecular weight is 1020 g/mol. The topological polar surface area (TPSA) is 78.9 Å². The Bertz CT molecular complexity index is 1600. The smallest absolute Gasteiger partial charge is 0.306 e. The molecular formula is C68H110O6. The Morgan fingerprint density at radius 2 is 0.527 bits per heavy atom. The fraction of sp³-hybridized carbons (Fsp3) is 0.632. The van der Waals surface area contributed by atoms with Crippen molar-refractivity contribution in [1.29, 1.82) is 0 Å². The first-order valence-corrected chi connectivity index (χ1v) is 30.2. The van der Waals surface area contributed by atoms with Crippen molar-refractivity contribution < 1.29 is 28.6 Å². The Kier molecular flexibility index (Phi) is 57.4. The molecule has 0 radical (unpaired) electrons. The summed E-state index contributed by atoms with van der Waals surface area (Å²) >= 11 is 0. The minimum Gasteiger partial charge on any atom is -0.462 e. The second-order valence-electron chi connectivity index (χ2n) is 19.5. The van der Waals surface area contributed by atoms with Gasteiger partial charge in [-0.05, 0) is 122 Å². The van der Waals surface area contributed by atoms with Gasteiger partial charge in [0.1, 0.15) is 13.2 Å². The molecule has 0 N–H and O–H groups in total. The molecule has 0 spiro atoms. The van der Waals surface area contributed by atoms with Crippen LogP contribution in [-0.4, -0.2) is 37.2 Å². The van der Waals surface area contributed by atoms with E-state index in [2.05, 4.69) is 154 Å². The van der Waals surface area contributed by atoms with Crippen LogP contribution in [0.1, 0.15) is 258 Å². The zero-order valence-electron chi connectivity index (χ0n) is 47.8. The van der Waals surface area contributed by atoms with Crippen molar-refractivity contribution in [3.63, 3.8) is 0 Å². The fourth-order valence-electron chi connectivity index (χ4n) is 7.88. The van der Waals surface area contributed by atoms with Gasteiger partial charge < -0.3 is 14.2 Å². The molecule has 0 heterocycles. The summed E-state index contributed by atoms with van der Waals surface area (Å²) < 4.78 is 16.8. The van der Waals surface area contributed by atoms with Gasteiger partial charge in [0.25, 0.3) is 0 Å². The van der Waals surface area contributed by atoms with Crippen molar-refractivity contribution in [3.05, 3.63) is 134 Å². The van der Waals surface area contributed by atoms with Gasteiger partial charge in [-0.1, -0.05) is 251 Å². The van der Waals surface area contributed by atoms with Gasteiger partial charge in [-0.3, -0.25) is 14.4 Å². The van der Waals surface area contributed by atoms with Crippen LogP contribution >= 0.6 is 0 Å². The van der Waals surface area contributed by atoms with E-state index in [0.29, 0.717) is 19.3 Å². The molecule has 1 unspecified atom stereocenters. The van der Waals surface area contributed by atoms with Crippen molar-refractivity contribution in [2.75, 3.05) is 13.2 Å². The SMILES string of the molecule is CC/C=C\C/C=C\C/C=C\C/C=C\C/C=C\C/C=C\C/C=C\C/C=C\C/C=C\CCCCCCCC(=O)OCC(COC(=O)CCCCCCCCC)OC(=O)CCCCCCC/C=C\C/C=C\CCCCCC. The summed E-state index contributed by atoms with van der Waals surface area (Å²) in [5.74, 6) is -0.936. The van der Waals surface area contributed by atoms with Gasteiger partial charge in [0, 0.05) is 19.3 Å². The number of unbranched alkanes of at least 4 members (excludes halogenated alkanes) is 20. The van der Waals surface area contributed by atoms with E-state index in [1.165, 1.54) is 57.8 Å². The molecule has 0 amide bonds. The average Bonchev–Trinajstić information content (AvgIpc) is 3.40. The Balaban J connectivity index is 4.22. The van der Waals surface area contributed by atoms with Gasteiger partial charge in [-0.15, -0.1) is 0 Å². The summed E-state index contributed by atoms with van der Waals surface area (Å²) in [7, 11) is 0. The van der Waals surface area contributed by atoms with Crippen LogP contribution < -0.4 is 0 Å². The number of rotatable bonds is 53. The van der Waals surface area contributed by atoms with Crippen molar-refractivity contribution in [1.82, 2.24) is 0 Å². The van der Waals surface area contributed by atoms with Gasteiger partial charge in [-0.25, -0.2) is 0 Å². The summed E-state index contributed by atoms with van der Waals surface area (Å²) in [6, 6.07) is 0. The number of esters is 3. The third-order valence-corrected chi connectivity index (χ3v) is 12.4. The second-order valence-corrected chi connectivity index (χ2v) is 19.5. The van der Waals surface area contributed by atoms with E-state index in [1.54, 1.807) is 0 Å². The van der Waals surface area contributed by atoms with Gasteiger partial charge in [0.15, 0.2) is 6.10 Å². The lowest BCUT2D eigenvalue weighted by molar-refractivity contribution is -0.167. The summed E-state index contributed by atoms with van der Waals surface area (Å²) in [5.41, 5.74) is 0. The highest BCUT2D eigenvalue weighted by atomic mass is 16.6. The zero-order chi connectivity index (χ0) is 53.6. The van der Waals surface area contributed by atoms with Gasteiger partial charge in [0.2, 0.25) is 0 Å². The monoisotopic (exact) mass is 1020 g/mol. The first-order valence-electron chi connectivity index (χ1n) is 30.2. The number of carbonyl (C=O) groups is 3. The molecule has 1 atom stereocenters. The number of hydrogen-bond acceptors (Lipinski definition) is 6. The predicted molar refractivity (Wildman–Crippen MR) is 320 cm³/mol. The normalized spacial score (nSPS) is 13.1. The number of carbonyl (C=O) groups excluding carboxylic acids is 3. The van der Waals surface area contributed by atoms with E-state index >= 15 is 0 Å². The first-order chi connectivity index (χ1) is 36.5. The molecule has 0 aromatic heterocycles. The van der Waals surface area contributed by atoms with Crippen molar-refractivity contribution in [2.24, 2.45) is 0 Å². The quantitative estimate of drug-likeness (QED) is 0.0261. The lowest BCUT2D eigenvalue weighted by Crippen LogP contribution is -2.30. The maximum absolute atomic E-state index is 12.8. The summed E-state index contributed by atoms with van der Waals surface area (Å²) in [4.78, 5) is 38.0. The molecule has 74 heavy (non-hydrogen) atoms. The van der Waals surface area contributed by atoms with E-state index < -0.39 is 6.10 Å². The molecule has 6 nitrogen and oxygen atoms in total. The predicted octanol–water partition coefficient (Wildman–Crippen LogP) is 20.6. The summed E-state index contributed by atoms with van der Waals surface area (Å²) in [6.07, 6.45) is 86.1. The Morgan fingerprint density at radius 1 is 0.284 bits per heavy atom. The summed E-state index contributed by atoms with van der Waals surface area (Å²) in [5, 5.41) is 0. The highest BCUT2D eigenvalue weighted by Gasteiger charge is 2.19. The molecule has 0 aromatic rings. The molecule has 0 saturated heterocycles. The molecule has 0 fully saturated rings.